The Kier molecular flexibility index (Phi) is 4.23. The van der Waals surface area contributed by atoms with Gasteiger partial charge in [-0.2, -0.15) is 0 Å². The molecule has 0 spiro atoms. The lowest BCUT2D eigenvalue weighted by Gasteiger charge is -2.15. The van der Waals surface area contributed by atoms with Crippen LogP contribution in [0.15, 0.2) is 18.5 Å². The van der Waals surface area contributed by atoms with Crippen molar-refractivity contribution in [2.24, 2.45) is 0 Å². The molecular formula is C10H18ClNOSi. The van der Waals surface area contributed by atoms with Crippen LogP contribution in [0.1, 0.15) is 0 Å². The molecule has 1 rings (SSSR count). The molecule has 0 aliphatic rings. The highest BCUT2D eigenvalue weighted by atomic mass is 35.5. The summed E-state index contributed by atoms with van der Waals surface area (Å²) in [4.78, 5) is 0. The van der Waals surface area contributed by atoms with Crippen LogP contribution in [0.3, 0.4) is 0 Å². The highest BCUT2D eigenvalue weighted by molar-refractivity contribution is 6.76. The van der Waals surface area contributed by atoms with E-state index < -0.39 is 8.07 Å². The van der Waals surface area contributed by atoms with Gasteiger partial charge in [0.25, 0.3) is 0 Å². The predicted octanol–water partition coefficient (Wildman–Crippen LogP) is 3.45. The molecular weight excluding hydrogens is 214 g/mol. The third kappa shape index (κ3) is 4.84. The van der Waals surface area contributed by atoms with Gasteiger partial charge in [-0.3, -0.25) is 0 Å². The fourth-order valence-corrected chi connectivity index (χ4v) is 1.98. The summed E-state index contributed by atoms with van der Waals surface area (Å²) in [5.74, 6) is 0. The van der Waals surface area contributed by atoms with Crippen LogP contribution in [0.5, 0.6) is 0 Å². The average molecular weight is 232 g/mol. The van der Waals surface area contributed by atoms with Crippen molar-refractivity contribution < 1.29 is 4.74 Å². The van der Waals surface area contributed by atoms with Gasteiger partial charge in [0.15, 0.2) is 0 Å². The minimum absolute atomic E-state index is 0.608. The van der Waals surface area contributed by atoms with Crippen molar-refractivity contribution >= 4 is 19.7 Å². The Labute approximate surface area is 91.8 Å². The normalized spacial score (nSPS) is 12.0. The van der Waals surface area contributed by atoms with Crippen molar-refractivity contribution in [3.63, 3.8) is 0 Å². The molecule has 0 amide bonds. The summed E-state index contributed by atoms with van der Waals surface area (Å²) in [6.45, 7) is 8.51. The van der Waals surface area contributed by atoms with Crippen LogP contribution in [-0.4, -0.2) is 19.2 Å². The van der Waals surface area contributed by atoms with E-state index in [-0.39, 0.29) is 0 Å². The molecule has 0 atom stereocenters. The van der Waals surface area contributed by atoms with E-state index >= 15 is 0 Å². The smallest absolute Gasteiger partial charge is 0.122 e. The lowest BCUT2D eigenvalue weighted by Crippen LogP contribution is -2.21. The molecule has 0 unspecified atom stereocenters. The number of hydrogen-bond acceptors (Lipinski definition) is 1. The lowest BCUT2D eigenvalue weighted by molar-refractivity contribution is 0.0875. The third-order valence-electron chi connectivity index (χ3n) is 1.95. The molecule has 0 N–H and O–H groups in total. The highest BCUT2D eigenvalue weighted by Crippen LogP contribution is 2.10. The molecule has 4 heteroatoms. The highest BCUT2D eigenvalue weighted by Gasteiger charge is 2.11. The lowest BCUT2D eigenvalue weighted by atomic mass is 10.7. The minimum Gasteiger partial charge on any atom is -0.361 e. The van der Waals surface area contributed by atoms with Gasteiger partial charge in [0.05, 0.1) is 5.02 Å². The SMILES string of the molecule is C[Si](C)(C)CCOCn1ccc(Cl)c1. The van der Waals surface area contributed by atoms with Crippen molar-refractivity contribution in [1.29, 1.82) is 0 Å². The second-order valence-corrected chi connectivity index (χ2v) is 10.7. The van der Waals surface area contributed by atoms with Gasteiger partial charge in [-0.05, 0) is 12.1 Å². The first kappa shape index (κ1) is 11.8. The first-order chi connectivity index (χ1) is 6.47. The molecule has 2 nitrogen and oxygen atoms in total. The Morgan fingerprint density at radius 2 is 2.14 bits per heavy atom. The van der Waals surface area contributed by atoms with Crippen LogP contribution >= 0.6 is 11.6 Å². The first-order valence-electron chi connectivity index (χ1n) is 4.86. The number of nitrogens with zero attached hydrogens (tertiary/aromatic N) is 1. The van der Waals surface area contributed by atoms with E-state index in [2.05, 4.69) is 19.6 Å². The van der Waals surface area contributed by atoms with Crippen molar-refractivity contribution in [3.8, 4) is 0 Å². The number of rotatable bonds is 5. The Balaban J connectivity index is 2.16. The number of hydrogen-bond donors (Lipinski definition) is 0. The largest absolute Gasteiger partial charge is 0.361 e. The summed E-state index contributed by atoms with van der Waals surface area (Å²) in [5.41, 5.74) is 0. The van der Waals surface area contributed by atoms with Crippen molar-refractivity contribution in [3.05, 3.63) is 23.5 Å². The maximum absolute atomic E-state index is 5.78. The molecule has 0 bridgehead atoms. The maximum Gasteiger partial charge on any atom is 0.122 e. The quantitative estimate of drug-likeness (QED) is 0.559. The Hall–Kier alpha value is -0.253. The van der Waals surface area contributed by atoms with Crippen LogP contribution in [-0.2, 0) is 11.5 Å². The van der Waals surface area contributed by atoms with Crippen LogP contribution < -0.4 is 0 Å². The van der Waals surface area contributed by atoms with Gasteiger partial charge in [-0.15, -0.1) is 0 Å². The van der Waals surface area contributed by atoms with E-state index in [0.717, 1.165) is 11.6 Å². The van der Waals surface area contributed by atoms with Gasteiger partial charge in [0.2, 0.25) is 0 Å². The molecule has 1 aromatic rings. The molecule has 14 heavy (non-hydrogen) atoms. The van der Waals surface area contributed by atoms with Crippen molar-refractivity contribution in [2.45, 2.75) is 32.4 Å². The summed E-state index contributed by atoms with van der Waals surface area (Å²) in [7, 11) is -0.951. The fraction of sp³-hybridized carbons (Fsp3) is 0.600. The topological polar surface area (TPSA) is 14.2 Å². The minimum atomic E-state index is -0.951. The third-order valence-corrected chi connectivity index (χ3v) is 3.88. The van der Waals surface area contributed by atoms with E-state index in [1.807, 2.05) is 23.0 Å². The predicted molar refractivity (Wildman–Crippen MR) is 63.5 cm³/mol. The standard InChI is InChI=1S/C10H18ClNOSi/c1-14(2,3)7-6-13-9-12-5-4-10(11)8-12/h4-5,8H,6-7,9H2,1-3H3. The molecule has 0 aliphatic heterocycles. The molecule has 0 fully saturated rings. The second-order valence-electron chi connectivity index (χ2n) is 4.69. The van der Waals surface area contributed by atoms with E-state index in [1.165, 1.54) is 6.04 Å². The van der Waals surface area contributed by atoms with Gasteiger partial charge < -0.3 is 9.30 Å². The second kappa shape index (κ2) is 5.00. The van der Waals surface area contributed by atoms with Crippen LogP contribution in [0, 0.1) is 0 Å². The monoisotopic (exact) mass is 231 g/mol. The van der Waals surface area contributed by atoms with E-state index in [4.69, 9.17) is 16.3 Å². The zero-order valence-electron chi connectivity index (χ0n) is 9.09. The Morgan fingerprint density at radius 3 is 2.64 bits per heavy atom. The zero-order valence-corrected chi connectivity index (χ0v) is 10.8. The van der Waals surface area contributed by atoms with E-state index in [1.54, 1.807) is 0 Å². The number of halogens is 1. The molecule has 1 aromatic heterocycles. The fourth-order valence-electron chi connectivity index (χ4n) is 1.04. The average Bonchev–Trinajstić information content (AvgIpc) is 2.44. The van der Waals surface area contributed by atoms with E-state index in [0.29, 0.717) is 6.73 Å². The zero-order chi connectivity index (χ0) is 10.6. The van der Waals surface area contributed by atoms with Crippen molar-refractivity contribution in [2.75, 3.05) is 6.61 Å². The summed E-state index contributed by atoms with van der Waals surface area (Å²) < 4.78 is 7.50. The number of ether oxygens (including phenoxy) is 1. The summed E-state index contributed by atoms with van der Waals surface area (Å²) in [5, 5.41) is 0.763. The maximum atomic E-state index is 5.78. The van der Waals surface area contributed by atoms with Gasteiger partial charge in [-0.25, -0.2) is 0 Å². The van der Waals surface area contributed by atoms with Crippen LogP contribution in [0.2, 0.25) is 30.7 Å². The molecule has 80 valence electrons. The summed E-state index contributed by atoms with van der Waals surface area (Å²) >= 11 is 5.78. The van der Waals surface area contributed by atoms with Crippen LogP contribution in [0.25, 0.3) is 0 Å². The van der Waals surface area contributed by atoms with E-state index in [9.17, 15) is 0 Å². The van der Waals surface area contributed by atoms with Gasteiger partial charge in [0.1, 0.15) is 6.73 Å². The Bertz CT molecular complexity index is 280. The summed E-state index contributed by atoms with van der Waals surface area (Å²) in [6, 6.07) is 3.07. The molecule has 0 aliphatic carbocycles. The first-order valence-corrected chi connectivity index (χ1v) is 8.95. The molecule has 0 saturated carbocycles. The Morgan fingerprint density at radius 1 is 1.43 bits per heavy atom. The molecule has 0 radical (unpaired) electrons. The van der Waals surface area contributed by atoms with Crippen molar-refractivity contribution in [1.82, 2.24) is 4.57 Å². The summed E-state index contributed by atoms with van der Waals surface area (Å²) in [6.07, 6.45) is 3.80. The molecule has 0 aromatic carbocycles. The van der Waals surface area contributed by atoms with Gasteiger partial charge in [0, 0.05) is 27.1 Å². The molecule has 1 heterocycles. The van der Waals surface area contributed by atoms with Crippen LogP contribution in [0.4, 0.5) is 0 Å². The van der Waals surface area contributed by atoms with Gasteiger partial charge in [-0.1, -0.05) is 31.2 Å². The molecule has 0 saturated heterocycles. The van der Waals surface area contributed by atoms with Gasteiger partial charge >= 0.3 is 0 Å². The number of aromatic nitrogens is 1.